The van der Waals surface area contributed by atoms with Crippen molar-refractivity contribution in [3.05, 3.63) is 0 Å². The first-order valence-electron chi connectivity index (χ1n) is 12.8. The highest BCUT2D eigenvalue weighted by atomic mass is 28.5. The highest BCUT2D eigenvalue weighted by Crippen LogP contribution is 2.36. The zero-order chi connectivity index (χ0) is 22.7. The SMILES string of the molecule is CCCCCCCC[Si]1(C)O[Si](C)(C)O[Si](C)(C)O[Si](C)(CCCCCCCC)O1. The lowest BCUT2D eigenvalue weighted by atomic mass is 10.1. The molecular formula is C22H52O4Si4. The van der Waals surface area contributed by atoms with E-state index >= 15 is 0 Å². The van der Waals surface area contributed by atoms with E-state index in [1.54, 1.807) is 0 Å². The molecular weight excluding hydrogens is 441 g/mol. The second-order valence-electron chi connectivity index (χ2n) is 10.5. The van der Waals surface area contributed by atoms with Crippen LogP contribution in [-0.4, -0.2) is 34.2 Å². The number of rotatable bonds is 14. The van der Waals surface area contributed by atoms with E-state index in [1.807, 2.05) is 0 Å². The Bertz CT molecular complexity index is 438. The molecule has 1 heterocycles. The number of hydrogen-bond donors (Lipinski definition) is 0. The Labute approximate surface area is 192 Å². The van der Waals surface area contributed by atoms with Crippen molar-refractivity contribution in [1.82, 2.24) is 0 Å². The van der Waals surface area contributed by atoms with E-state index in [2.05, 4.69) is 53.1 Å². The van der Waals surface area contributed by atoms with Gasteiger partial charge in [0.2, 0.25) is 0 Å². The van der Waals surface area contributed by atoms with E-state index < -0.39 is 34.2 Å². The molecule has 1 saturated heterocycles. The van der Waals surface area contributed by atoms with Crippen LogP contribution in [0.25, 0.3) is 0 Å². The van der Waals surface area contributed by atoms with E-state index in [0.717, 1.165) is 12.1 Å². The van der Waals surface area contributed by atoms with Gasteiger partial charge in [0.15, 0.2) is 0 Å². The van der Waals surface area contributed by atoms with Crippen LogP contribution in [0.1, 0.15) is 90.9 Å². The zero-order valence-electron chi connectivity index (χ0n) is 21.5. The third-order valence-corrected chi connectivity index (χ3v) is 23.1. The molecule has 180 valence electrons. The van der Waals surface area contributed by atoms with Crippen molar-refractivity contribution in [3.8, 4) is 0 Å². The molecule has 0 aromatic carbocycles. The second kappa shape index (κ2) is 13.4. The van der Waals surface area contributed by atoms with Crippen molar-refractivity contribution >= 4 is 34.2 Å². The molecule has 1 rings (SSSR count). The van der Waals surface area contributed by atoms with Crippen molar-refractivity contribution in [1.29, 1.82) is 0 Å². The highest BCUT2D eigenvalue weighted by Gasteiger charge is 2.53. The van der Waals surface area contributed by atoms with Crippen LogP contribution in [-0.2, 0) is 16.5 Å². The average Bonchev–Trinajstić information content (AvgIpc) is 2.57. The van der Waals surface area contributed by atoms with E-state index in [1.165, 1.54) is 77.0 Å². The van der Waals surface area contributed by atoms with Gasteiger partial charge in [0.25, 0.3) is 0 Å². The molecule has 0 spiro atoms. The third-order valence-electron chi connectivity index (χ3n) is 5.82. The van der Waals surface area contributed by atoms with E-state index in [-0.39, 0.29) is 0 Å². The summed E-state index contributed by atoms with van der Waals surface area (Å²) < 4.78 is 27.2. The van der Waals surface area contributed by atoms with Gasteiger partial charge in [-0.1, -0.05) is 90.9 Å². The van der Waals surface area contributed by atoms with Crippen molar-refractivity contribution in [2.24, 2.45) is 0 Å². The standard InChI is InChI=1S/C22H52O4Si4/c1-9-11-13-15-17-19-21-29(7)24-27(3,4)23-28(5,6)25-30(8,26-29)22-20-18-16-14-12-10-2/h9-22H2,1-8H3. The molecule has 0 aromatic heterocycles. The van der Waals surface area contributed by atoms with Crippen LogP contribution in [0.5, 0.6) is 0 Å². The van der Waals surface area contributed by atoms with Crippen LogP contribution in [0.15, 0.2) is 0 Å². The molecule has 0 aliphatic carbocycles. The van der Waals surface area contributed by atoms with Gasteiger partial charge in [-0.15, -0.1) is 0 Å². The molecule has 1 aliphatic heterocycles. The van der Waals surface area contributed by atoms with Crippen molar-refractivity contribution in [3.63, 3.8) is 0 Å². The second-order valence-corrected chi connectivity index (χ2v) is 24.9. The predicted molar refractivity (Wildman–Crippen MR) is 139 cm³/mol. The minimum atomic E-state index is -2.31. The van der Waals surface area contributed by atoms with Crippen LogP contribution < -0.4 is 0 Å². The predicted octanol–water partition coefficient (Wildman–Crippen LogP) is 8.34. The van der Waals surface area contributed by atoms with Crippen LogP contribution in [0, 0.1) is 0 Å². The van der Waals surface area contributed by atoms with Gasteiger partial charge in [0.1, 0.15) is 0 Å². The lowest BCUT2D eigenvalue weighted by Gasteiger charge is -2.48. The van der Waals surface area contributed by atoms with Gasteiger partial charge in [-0.05, 0) is 51.4 Å². The third kappa shape index (κ3) is 12.1. The Morgan fingerprint density at radius 1 is 0.400 bits per heavy atom. The van der Waals surface area contributed by atoms with Crippen LogP contribution in [0.3, 0.4) is 0 Å². The topological polar surface area (TPSA) is 36.9 Å². The van der Waals surface area contributed by atoms with E-state index in [9.17, 15) is 0 Å². The summed E-state index contributed by atoms with van der Waals surface area (Å²) in [6.07, 6.45) is 15.7. The summed E-state index contributed by atoms with van der Waals surface area (Å²) in [5, 5.41) is 0. The first-order valence-corrected chi connectivity index (χ1v) is 23.4. The zero-order valence-corrected chi connectivity index (χ0v) is 25.5. The molecule has 0 amide bonds. The number of unbranched alkanes of at least 4 members (excludes halogenated alkanes) is 10. The van der Waals surface area contributed by atoms with Crippen molar-refractivity contribution in [2.75, 3.05) is 0 Å². The maximum atomic E-state index is 7.02. The molecule has 8 heteroatoms. The molecule has 4 nitrogen and oxygen atoms in total. The molecule has 0 radical (unpaired) electrons. The largest absolute Gasteiger partial charge is 0.416 e. The Hall–Kier alpha value is 0.708. The van der Waals surface area contributed by atoms with Crippen LogP contribution in [0.4, 0.5) is 0 Å². The molecule has 0 N–H and O–H groups in total. The smallest absolute Gasteiger partial charge is 0.317 e. The van der Waals surface area contributed by atoms with Gasteiger partial charge >= 0.3 is 34.2 Å². The minimum Gasteiger partial charge on any atom is -0.416 e. The molecule has 2 atom stereocenters. The van der Waals surface area contributed by atoms with Crippen molar-refractivity contribution in [2.45, 2.75) is 142 Å². The Morgan fingerprint density at radius 2 is 0.733 bits per heavy atom. The summed E-state index contributed by atoms with van der Waals surface area (Å²) in [4.78, 5) is 0. The van der Waals surface area contributed by atoms with E-state index in [0.29, 0.717) is 0 Å². The molecule has 1 aliphatic rings. The van der Waals surface area contributed by atoms with Crippen molar-refractivity contribution < 1.29 is 16.5 Å². The maximum Gasteiger partial charge on any atom is 0.317 e. The van der Waals surface area contributed by atoms with Gasteiger partial charge in [0, 0.05) is 0 Å². The monoisotopic (exact) mass is 492 g/mol. The van der Waals surface area contributed by atoms with Gasteiger partial charge in [-0.3, -0.25) is 0 Å². The molecule has 2 unspecified atom stereocenters. The number of hydrogen-bond acceptors (Lipinski definition) is 4. The Balaban J connectivity index is 2.75. The van der Waals surface area contributed by atoms with Crippen LogP contribution in [0.2, 0.25) is 51.4 Å². The van der Waals surface area contributed by atoms with Gasteiger partial charge in [-0.25, -0.2) is 0 Å². The normalized spacial score (nSPS) is 28.8. The fourth-order valence-electron chi connectivity index (χ4n) is 4.83. The summed E-state index contributed by atoms with van der Waals surface area (Å²) >= 11 is 0. The minimum absolute atomic E-state index is 1.07. The van der Waals surface area contributed by atoms with Gasteiger partial charge < -0.3 is 16.5 Å². The summed E-state index contributed by atoms with van der Waals surface area (Å²) in [7, 11) is -9.10. The Morgan fingerprint density at radius 3 is 1.10 bits per heavy atom. The lowest BCUT2D eigenvalue weighted by Crippen LogP contribution is -2.65. The van der Waals surface area contributed by atoms with Gasteiger partial charge in [-0.2, -0.15) is 0 Å². The summed E-state index contributed by atoms with van der Waals surface area (Å²) in [6.45, 7) is 17.8. The fourth-order valence-corrected chi connectivity index (χ4v) is 27.1. The molecule has 0 aromatic rings. The summed E-state index contributed by atoms with van der Waals surface area (Å²) in [6, 6.07) is 2.15. The summed E-state index contributed by atoms with van der Waals surface area (Å²) in [5.41, 5.74) is 0. The molecule has 0 saturated carbocycles. The fraction of sp³-hybridized carbons (Fsp3) is 1.00. The lowest BCUT2D eigenvalue weighted by molar-refractivity contribution is 0.228. The highest BCUT2D eigenvalue weighted by molar-refractivity contribution is 6.93. The first-order chi connectivity index (χ1) is 13.9. The van der Waals surface area contributed by atoms with E-state index in [4.69, 9.17) is 16.5 Å². The average molecular weight is 493 g/mol. The summed E-state index contributed by atoms with van der Waals surface area (Å²) in [5.74, 6) is 0. The first kappa shape index (κ1) is 28.7. The Kier molecular flexibility index (Phi) is 12.9. The molecule has 0 bridgehead atoms. The van der Waals surface area contributed by atoms with Gasteiger partial charge in [0.05, 0.1) is 0 Å². The maximum absolute atomic E-state index is 7.02. The quantitative estimate of drug-likeness (QED) is 0.180. The molecule has 30 heavy (non-hydrogen) atoms. The molecule has 1 fully saturated rings. The van der Waals surface area contributed by atoms with Crippen LogP contribution >= 0.6 is 0 Å².